The number of carbonyl (C=O) groups excluding carboxylic acids is 1. The lowest BCUT2D eigenvalue weighted by atomic mass is 10.3. The van der Waals surface area contributed by atoms with Gasteiger partial charge >= 0.3 is 0 Å². The first kappa shape index (κ1) is 5.69. The van der Waals surface area contributed by atoms with Crippen LogP contribution in [0.25, 0.3) is 0 Å². The second kappa shape index (κ2) is 2.22. The van der Waals surface area contributed by atoms with Crippen LogP contribution in [0.4, 0.5) is 0 Å². The monoisotopic (exact) mass is 129 g/mol. The normalized spacial score (nSPS) is 19.6. The minimum atomic E-state index is 0.0127. The molecule has 3 heteroatoms. The van der Waals surface area contributed by atoms with Crippen molar-refractivity contribution in [2.75, 3.05) is 5.75 Å². The number of nitrogens with one attached hydrogen (secondary N) is 1. The summed E-state index contributed by atoms with van der Waals surface area (Å²) < 4.78 is 2.61. The lowest BCUT2D eigenvalue weighted by Gasteiger charge is -2.07. The summed E-state index contributed by atoms with van der Waals surface area (Å²) in [5, 5.41) is 0. The van der Waals surface area contributed by atoms with Crippen LogP contribution in [0.5, 0.6) is 0 Å². The van der Waals surface area contributed by atoms with Gasteiger partial charge < -0.3 is 0 Å². The van der Waals surface area contributed by atoms with Crippen LogP contribution in [0.15, 0.2) is 11.6 Å². The first-order valence-electron chi connectivity index (χ1n) is 2.38. The second-order valence-corrected chi connectivity index (χ2v) is 2.53. The third-order valence-corrected chi connectivity index (χ3v) is 1.80. The smallest absolute Gasteiger partial charge is 0.253 e. The van der Waals surface area contributed by atoms with Gasteiger partial charge in [0.15, 0.2) is 0 Å². The van der Waals surface area contributed by atoms with Crippen molar-refractivity contribution in [3.63, 3.8) is 0 Å². The average Bonchev–Trinajstić information content (AvgIpc) is 1.64. The Balaban J connectivity index is 2.64. The van der Waals surface area contributed by atoms with Gasteiger partial charge in [0.25, 0.3) is 5.91 Å². The van der Waals surface area contributed by atoms with Crippen molar-refractivity contribution in [2.24, 2.45) is 0 Å². The molecule has 44 valence electrons. The molecule has 0 saturated heterocycles. The zero-order valence-electron chi connectivity index (χ0n) is 4.60. The predicted molar refractivity (Wildman–Crippen MR) is 34.4 cm³/mol. The van der Waals surface area contributed by atoms with Crippen molar-refractivity contribution in [3.8, 4) is 0 Å². The maximum Gasteiger partial charge on any atom is 0.253 e. The number of carbonyl (C=O) groups is 1. The standard InChI is InChI=1S/C5H7NOS/c1-4-2-5(7)6-8-3-4/h2H,3H2,1H3,(H,6,7). The Morgan fingerprint density at radius 2 is 2.62 bits per heavy atom. The Bertz CT molecular complexity index is 141. The molecule has 1 aliphatic heterocycles. The van der Waals surface area contributed by atoms with Crippen LogP contribution in [-0.4, -0.2) is 11.7 Å². The Labute approximate surface area is 52.5 Å². The molecule has 0 aromatic rings. The molecule has 1 N–H and O–H groups in total. The van der Waals surface area contributed by atoms with Crippen LogP contribution in [0, 0.1) is 0 Å². The van der Waals surface area contributed by atoms with E-state index in [4.69, 9.17) is 0 Å². The summed E-state index contributed by atoms with van der Waals surface area (Å²) >= 11 is 1.44. The van der Waals surface area contributed by atoms with E-state index in [0.29, 0.717) is 0 Å². The van der Waals surface area contributed by atoms with Gasteiger partial charge in [-0.1, -0.05) is 5.57 Å². The van der Waals surface area contributed by atoms with E-state index in [9.17, 15) is 4.79 Å². The molecule has 0 radical (unpaired) electrons. The summed E-state index contributed by atoms with van der Waals surface area (Å²) in [7, 11) is 0. The highest BCUT2D eigenvalue weighted by atomic mass is 32.2. The molecule has 8 heavy (non-hydrogen) atoms. The van der Waals surface area contributed by atoms with Crippen molar-refractivity contribution < 1.29 is 4.79 Å². The van der Waals surface area contributed by atoms with Crippen LogP contribution in [0.2, 0.25) is 0 Å². The number of hydrogen-bond donors (Lipinski definition) is 1. The molecule has 1 amide bonds. The molecule has 0 saturated carbocycles. The molecule has 1 heterocycles. The lowest BCUT2D eigenvalue weighted by molar-refractivity contribution is -0.114. The van der Waals surface area contributed by atoms with E-state index in [2.05, 4.69) is 4.72 Å². The highest BCUT2D eigenvalue weighted by molar-refractivity contribution is 7.98. The Morgan fingerprint density at radius 3 is 3.00 bits per heavy atom. The molecule has 1 rings (SSSR count). The molecule has 1 aliphatic rings. The summed E-state index contributed by atoms with van der Waals surface area (Å²) in [6, 6.07) is 0. The highest BCUT2D eigenvalue weighted by Crippen LogP contribution is 2.07. The van der Waals surface area contributed by atoms with Crippen LogP contribution < -0.4 is 4.72 Å². The Kier molecular flexibility index (Phi) is 1.58. The molecule has 0 bridgehead atoms. The maximum atomic E-state index is 10.5. The second-order valence-electron chi connectivity index (χ2n) is 1.75. The van der Waals surface area contributed by atoms with Gasteiger partial charge in [0.2, 0.25) is 0 Å². The lowest BCUT2D eigenvalue weighted by Crippen LogP contribution is -2.18. The fourth-order valence-electron chi connectivity index (χ4n) is 0.516. The van der Waals surface area contributed by atoms with Gasteiger partial charge in [0, 0.05) is 11.8 Å². The number of amides is 1. The predicted octanol–water partition coefficient (Wildman–Crippen LogP) is 0.711. The third-order valence-electron chi connectivity index (χ3n) is 0.850. The van der Waals surface area contributed by atoms with E-state index in [1.807, 2.05) is 6.92 Å². The fourth-order valence-corrected chi connectivity index (χ4v) is 1.10. The summed E-state index contributed by atoms with van der Waals surface area (Å²) in [6.07, 6.45) is 1.62. The largest absolute Gasteiger partial charge is 0.296 e. The summed E-state index contributed by atoms with van der Waals surface area (Å²) in [5.74, 6) is 0.935. The number of rotatable bonds is 0. The van der Waals surface area contributed by atoms with Gasteiger partial charge in [0.05, 0.1) is 0 Å². The van der Waals surface area contributed by atoms with E-state index >= 15 is 0 Å². The van der Waals surface area contributed by atoms with Crippen LogP contribution in [0.1, 0.15) is 6.92 Å². The summed E-state index contributed by atoms with van der Waals surface area (Å²) in [5.41, 5.74) is 1.14. The van der Waals surface area contributed by atoms with Crippen molar-refractivity contribution in [3.05, 3.63) is 11.6 Å². The quantitative estimate of drug-likeness (QED) is 0.488. The molecule has 0 aromatic heterocycles. The highest BCUT2D eigenvalue weighted by Gasteiger charge is 2.03. The minimum absolute atomic E-state index is 0.0127. The Morgan fingerprint density at radius 1 is 1.88 bits per heavy atom. The molecular formula is C5H7NOS. The van der Waals surface area contributed by atoms with Gasteiger partial charge in [-0.3, -0.25) is 9.52 Å². The van der Waals surface area contributed by atoms with Crippen molar-refractivity contribution in [1.29, 1.82) is 0 Å². The van der Waals surface area contributed by atoms with Gasteiger partial charge in [-0.05, 0) is 18.9 Å². The SMILES string of the molecule is CC1=CC(=O)NSC1. The first-order chi connectivity index (χ1) is 3.79. The molecular weight excluding hydrogens is 122 g/mol. The van der Waals surface area contributed by atoms with Crippen molar-refractivity contribution >= 4 is 17.9 Å². The zero-order valence-corrected chi connectivity index (χ0v) is 5.42. The molecule has 0 spiro atoms. The molecule has 0 aliphatic carbocycles. The van der Waals surface area contributed by atoms with Gasteiger partial charge in [-0.2, -0.15) is 0 Å². The van der Waals surface area contributed by atoms with E-state index in [1.54, 1.807) is 6.08 Å². The van der Waals surface area contributed by atoms with Crippen LogP contribution in [-0.2, 0) is 4.79 Å². The van der Waals surface area contributed by atoms with Crippen LogP contribution in [0.3, 0.4) is 0 Å². The maximum absolute atomic E-state index is 10.5. The van der Waals surface area contributed by atoms with Crippen molar-refractivity contribution in [2.45, 2.75) is 6.92 Å². The van der Waals surface area contributed by atoms with Gasteiger partial charge in [0.1, 0.15) is 0 Å². The summed E-state index contributed by atoms with van der Waals surface area (Å²) in [6.45, 7) is 1.95. The minimum Gasteiger partial charge on any atom is -0.296 e. The number of hydrogen-bond acceptors (Lipinski definition) is 2. The fraction of sp³-hybridized carbons (Fsp3) is 0.400. The topological polar surface area (TPSA) is 29.1 Å². The van der Waals surface area contributed by atoms with Gasteiger partial charge in [-0.15, -0.1) is 0 Å². The molecule has 0 atom stereocenters. The molecule has 0 aromatic carbocycles. The molecule has 0 fully saturated rings. The summed E-state index contributed by atoms with van der Waals surface area (Å²) in [4.78, 5) is 10.5. The van der Waals surface area contributed by atoms with E-state index < -0.39 is 0 Å². The zero-order chi connectivity index (χ0) is 5.98. The van der Waals surface area contributed by atoms with Crippen LogP contribution >= 0.6 is 11.9 Å². The first-order valence-corrected chi connectivity index (χ1v) is 3.36. The average molecular weight is 129 g/mol. The van der Waals surface area contributed by atoms with E-state index in [0.717, 1.165) is 11.3 Å². The van der Waals surface area contributed by atoms with Crippen molar-refractivity contribution in [1.82, 2.24) is 4.72 Å². The third kappa shape index (κ3) is 1.26. The molecule has 0 unspecified atom stereocenters. The molecule has 2 nitrogen and oxygen atoms in total. The van der Waals surface area contributed by atoms with E-state index in [1.165, 1.54) is 11.9 Å². The van der Waals surface area contributed by atoms with E-state index in [-0.39, 0.29) is 5.91 Å². The Hall–Kier alpha value is -0.440. The van der Waals surface area contributed by atoms with Gasteiger partial charge in [-0.25, -0.2) is 0 Å².